The van der Waals surface area contributed by atoms with Gasteiger partial charge in [-0.1, -0.05) is 105 Å². The minimum atomic E-state index is -2.28. The van der Waals surface area contributed by atoms with Crippen molar-refractivity contribution in [3.63, 3.8) is 0 Å². The van der Waals surface area contributed by atoms with Gasteiger partial charge < -0.3 is 45.5 Å². The van der Waals surface area contributed by atoms with Gasteiger partial charge >= 0.3 is 5.97 Å². The molecule has 0 amide bonds. The van der Waals surface area contributed by atoms with Gasteiger partial charge in [0.1, 0.15) is 23.6 Å². The lowest BCUT2D eigenvalue weighted by Crippen LogP contribution is -2.86. The smallest absolute Gasteiger partial charge is 0.331 e. The van der Waals surface area contributed by atoms with Crippen molar-refractivity contribution in [3.05, 3.63) is 117 Å². The van der Waals surface area contributed by atoms with Crippen LogP contribution in [0.3, 0.4) is 0 Å². The molecule has 3 spiro atoms. The lowest BCUT2D eigenvalue weighted by atomic mass is 9.32. The first kappa shape index (κ1) is 55.4. The molecule has 9 fully saturated rings. The third kappa shape index (κ3) is 7.91. The van der Waals surface area contributed by atoms with E-state index in [1.165, 1.54) is 35.1 Å². The van der Waals surface area contributed by atoms with Crippen molar-refractivity contribution < 1.29 is 45.0 Å². The fraction of sp³-hybridized carbons (Fsp3) is 0.671. The number of aryl methyl sites for hydroxylation is 1. The number of hydrogen-bond acceptors (Lipinski definition) is 10. The molecule has 3 aromatic rings. The highest BCUT2D eigenvalue weighted by Gasteiger charge is 2.87. The van der Waals surface area contributed by atoms with Crippen molar-refractivity contribution in [2.24, 2.45) is 86.8 Å². The maximum absolute atomic E-state index is 15.5. The van der Waals surface area contributed by atoms with E-state index in [0.29, 0.717) is 57.3 Å². The third-order valence-electron chi connectivity index (χ3n) is 27.3. The molecular weight excluding hydrogens is 1030 g/mol. The second-order valence-electron chi connectivity index (χ2n) is 30.6. The number of nitrogens with one attached hydrogen (secondary N) is 1. The number of benzene rings is 3. The number of esters is 1. The number of hydrogen-bond donors (Lipinski definition) is 7. The molecule has 1 heterocycles. The summed E-state index contributed by atoms with van der Waals surface area (Å²) in [5.41, 5.74) is -1.62. The van der Waals surface area contributed by atoms with Gasteiger partial charge in [0.05, 0.1) is 29.8 Å². The number of aldehydes is 1. The number of aliphatic hydroxyl groups excluding tert-OH is 3. The van der Waals surface area contributed by atoms with Crippen LogP contribution in [0.1, 0.15) is 174 Å². The van der Waals surface area contributed by atoms with Gasteiger partial charge in [0.15, 0.2) is 0 Å². The number of rotatable bonds is 5. The summed E-state index contributed by atoms with van der Waals surface area (Å²) in [5, 5.41) is 87.7. The molecule has 15 bridgehead atoms. The number of carbonyl (C=O) groups excluding carboxylic acids is 2. The molecule has 7 N–H and O–H groups in total. The quantitative estimate of drug-likeness (QED) is 0.0740. The van der Waals surface area contributed by atoms with Crippen molar-refractivity contribution in [1.82, 2.24) is 5.32 Å². The molecule has 3 aromatic carbocycles. The zero-order valence-corrected chi connectivity index (χ0v) is 49.3. The predicted octanol–water partition coefficient (Wildman–Crippen LogP) is 9.70. The highest BCUT2D eigenvalue weighted by molar-refractivity contribution is 5.86. The average molecular weight is 1130 g/mol. The molecule has 10 nitrogen and oxygen atoms in total. The second-order valence-corrected chi connectivity index (χ2v) is 30.6. The van der Waals surface area contributed by atoms with Crippen molar-refractivity contribution in [2.45, 2.75) is 209 Å². The Labute approximate surface area is 492 Å². The molecule has 21 atom stereocenters. The van der Waals surface area contributed by atoms with E-state index in [0.717, 1.165) is 99.2 Å². The Morgan fingerprint density at radius 1 is 0.759 bits per heavy atom. The molecule has 13 aliphatic carbocycles. The van der Waals surface area contributed by atoms with Gasteiger partial charge in [-0.25, -0.2) is 4.79 Å². The van der Waals surface area contributed by atoms with Gasteiger partial charge in [-0.3, -0.25) is 0 Å². The molecular formula is C73H91NO9. The van der Waals surface area contributed by atoms with Crippen LogP contribution < -0.4 is 5.32 Å². The standard InChI is InChI=1S/C73H91NO9/c1-43(50-12-3-4-13-50)52-18-19-58-65(78)68-26-21-45(37-68)17-16-44-8-5-9-46(28-44)29-47-10-6-11-48(30-47)31-49-20-24-67(36-49)25-22-51-14-7-15-53(39-75)55(51)34-60(74-2)56-32-54-38-71(80)69(40-67,63(54)57-35-62(77)83-64(56)57)27-23-61-70(41-68,42-76)72(58,81)59(33-52)66(79)73(61,71)82/h5-11,14-15,28,30,35,42-43,45,49-50,52,54,56,58-61,63-66,74-75,78-82H,3-4,12-13,16-21,23-24,26-27,29,31-34,36-41H2,1-2H3. The van der Waals surface area contributed by atoms with Crippen LogP contribution in [0.25, 0.3) is 0 Å². The van der Waals surface area contributed by atoms with Crippen molar-refractivity contribution in [2.75, 3.05) is 7.05 Å². The number of ether oxygens (including phenoxy) is 1. The normalized spacial score (nSPS) is 46.1. The minimum absolute atomic E-state index is 0.0642. The van der Waals surface area contributed by atoms with Gasteiger partial charge in [-0.2, -0.15) is 0 Å². The summed E-state index contributed by atoms with van der Waals surface area (Å²) in [6, 6.07) is 24.0. The Hall–Kier alpha value is -4.18. The predicted molar refractivity (Wildman–Crippen MR) is 316 cm³/mol. The molecule has 17 rings (SSSR count). The highest BCUT2D eigenvalue weighted by atomic mass is 16.5. The van der Waals surface area contributed by atoms with Crippen LogP contribution in [0.4, 0.5) is 0 Å². The van der Waals surface area contributed by atoms with Gasteiger partial charge in [0.25, 0.3) is 0 Å². The summed E-state index contributed by atoms with van der Waals surface area (Å²) >= 11 is 0. The van der Waals surface area contributed by atoms with Crippen molar-refractivity contribution in [3.8, 4) is 11.8 Å². The molecule has 442 valence electrons. The second kappa shape index (κ2) is 19.9. The fourth-order valence-electron chi connectivity index (χ4n) is 23.9. The van der Waals surface area contributed by atoms with Gasteiger partial charge in [0.2, 0.25) is 0 Å². The Kier molecular flexibility index (Phi) is 13.3. The molecule has 83 heavy (non-hydrogen) atoms. The van der Waals surface area contributed by atoms with Crippen LogP contribution in [0.2, 0.25) is 0 Å². The zero-order chi connectivity index (χ0) is 57.1. The molecule has 0 aromatic heterocycles. The summed E-state index contributed by atoms with van der Waals surface area (Å²) in [4.78, 5) is 29.7. The summed E-state index contributed by atoms with van der Waals surface area (Å²) < 4.78 is 6.54. The first-order chi connectivity index (χ1) is 40.0. The fourth-order valence-corrected chi connectivity index (χ4v) is 23.9. The summed E-state index contributed by atoms with van der Waals surface area (Å²) in [6.07, 6.45) is 16.6. The molecule has 21 unspecified atom stereocenters. The average Bonchev–Trinajstić information content (AvgIpc) is 1.64. The number of carbonyl (C=O) groups is 2. The van der Waals surface area contributed by atoms with E-state index in [2.05, 4.69) is 78.7 Å². The Morgan fingerprint density at radius 3 is 2.30 bits per heavy atom. The van der Waals surface area contributed by atoms with Crippen LogP contribution in [0, 0.1) is 98.6 Å². The van der Waals surface area contributed by atoms with Crippen LogP contribution in [0.15, 0.2) is 78.4 Å². The van der Waals surface area contributed by atoms with Gasteiger partial charge in [-0.05, 0) is 227 Å². The first-order valence-electron chi connectivity index (χ1n) is 33.0. The topological polar surface area (TPSA) is 177 Å². The molecule has 10 heteroatoms. The van der Waals surface area contributed by atoms with Crippen LogP contribution >= 0.6 is 0 Å². The zero-order valence-electron chi connectivity index (χ0n) is 49.3. The van der Waals surface area contributed by atoms with Crippen LogP contribution in [-0.4, -0.2) is 91.1 Å². The molecule has 0 saturated heterocycles. The Balaban J connectivity index is 0.960. The van der Waals surface area contributed by atoms with Gasteiger partial charge in [-0.15, -0.1) is 0 Å². The van der Waals surface area contributed by atoms with E-state index < -0.39 is 86.4 Å². The van der Waals surface area contributed by atoms with Crippen LogP contribution in [0.5, 0.6) is 0 Å². The molecule has 0 radical (unpaired) electrons. The lowest BCUT2D eigenvalue weighted by Gasteiger charge is -2.75. The number of fused-ring (bicyclic) bond motifs is 3. The maximum Gasteiger partial charge on any atom is 0.331 e. The summed E-state index contributed by atoms with van der Waals surface area (Å²) in [5.74, 6) is 5.18. The molecule has 9 saturated carbocycles. The van der Waals surface area contributed by atoms with E-state index in [-0.39, 0.29) is 67.4 Å². The van der Waals surface area contributed by atoms with Crippen LogP contribution in [-0.2, 0) is 46.6 Å². The SMILES string of the molecule is CNC1Cc2c(cccc2CO)C#CC23CCC(Cc4cccc(c4)Cc4cccc(c4)CCC4CCC5(C4)CC4(C=O)C6CCC7(C2)C2C8=CC(=O)OC8C1CC2CC7(O)C6(O)C(O)C1CC(C(C)C2CCCC2)CCC(C5O)C14O)C3. The van der Waals surface area contributed by atoms with E-state index >= 15 is 15.0 Å². The van der Waals surface area contributed by atoms with Crippen molar-refractivity contribution in [1.29, 1.82) is 0 Å². The Morgan fingerprint density at radius 2 is 1.52 bits per heavy atom. The first-order valence-corrected chi connectivity index (χ1v) is 33.0. The minimum Gasteiger partial charge on any atom is -0.454 e. The summed E-state index contributed by atoms with van der Waals surface area (Å²) in [7, 11) is 1.95. The summed E-state index contributed by atoms with van der Waals surface area (Å²) in [6.45, 7) is 2.21. The van der Waals surface area contributed by atoms with Crippen molar-refractivity contribution >= 4 is 12.3 Å². The van der Waals surface area contributed by atoms with E-state index in [1.807, 2.05) is 19.2 Å². The molecule has 1 aliphatic heterocycles. The monoisotopic (exact) mass is 1130 g/mol. The molecule has 14 aliphatic rings. The maximum atomic E-state index is 15.5. The van der Waals surface area contributed by atoms with E-state index in [1.54, 1.807) is 6.08 Å². The van der Waals surface area contributed by atoms with Gasteiger partial charge in [0, 0.05) is 52.2 Å². The van der Waals surface area contributed by atoms with E-state index in [9.17, 15) is 25.2 Å². The lowest BCUT2D eigenvalue weighted by molar-refractivity contribution is -0.385. The van der Waals surface area contributed by atoms with E-state index in [4.69, 9.17) is 4.74 Å². The number of aliphatic hydroxyl groups is 6. The Bertz CT molecular complexity index is 3170. The highest BCUT2D eigenvalue weighted by Crippen LogP contribution is 2.80. The largest absolute Gasteiger partial charge is 0.454 e. The number of likely N-dealkylation sites (N-methyl/N-ethyl adjacent to an activating group) is 1. The third-order valence-corrected chi connectivity index (χ3v) is 27.3.